The zero-order chi connectivity index (χ0) is 13.8. The molecular formula is C10H9N5O4. The van der Waals surface area contributed by atoms with Crippen molar-refractivity contribution in [2.24, 2.45) is 0 Å². The van der Waals surface area contributed by atoms with E-state index in [0.717, 1.165) is 0 Å². The number of anilines is 1. The van der Waals surface area contributed by atoms with Gasteiger partial charge in [-0.15, -0.1) is 5.10 Å². The number of pyridine rings is 1. The smallest absolute Gasteiger partial charge is 0.354 e. The van der Waals surface area contributed by atoms with E-state index in [1.54, 1.807) is 6.07 Å². The van der Waals surface area contributed by atoms with Gasteiger partial charge in [0.25, 0.3) is 5.56 Å². The van der Waals surface area contributed by atoms with Gasteiger partial charge in [-0.3, -0.25) is 9.78 Å². The Bertz CT molecular complexity index is 703. The van der Waals surface area contributed by atoms with Crippen LogP contribution in [0.15, 0.2) is 27.9 Å². The number of nitrogens with one attached hydrogen (secondary N) is 3. The van der Waals surface area contributed by atoms with Crippen molar-refractivity contribution >= 4 is 11.8 Å². The van der Waals surface area contributed by atoms with Crippen molar-refractivity contribution in [3.63, 3.8) is 0 Å². The van der Waals surface area contributed by atoms with Gasteiger partial charge in [0.15, 0.2) is 0 Å². The predicted molar refractivity (Wildman–Crippen MR) is 64.0 cm³/mol. The van der Waals surface area contributed by atoms with Crippen LogP contribution in [0.3, 0.4) is 0 Å². The molecule has 0 atom stereocenters. The first kappa shape index (κ1) is 12.5. The molecule has 2 aromatic heterocycles. The normalized spacial score (nSPS) is 10.1. The number of aromatic carboxylic acids is 1. The Kier molecular flexibility index (Phi) is 3.37. The van der Waals surface area contributed by atoms with Crippen molar-refractivity contribution in [3.05, 3.63) is 50.4 Å². The van der Waals surface area contributed by atoms with Gasteiger partial charge >= 0.3 is 11.7 Å². The summed E-state index contributed by atoms with van der Waals surface area (Å²) >= 11 is 0. The van der Waals surface area contributed by atoms with Crippen LogP contribution in [0.5, 0.6) is 0 Å². The lowest BCUT2D eigenvalue weighted by Crippen LogP contribution is -2.26. The summed E-state index contributed by atoms with van der Waals surface area (Å²) in [4.78, 5) is 38.4. The van der Waals surface area contributed by atoms with Crippen LogP contribution in [0.2, 0.25) is 0 Å². The van der Waals surface area contributed by atoms with Crippen LogP contribution in [0.1, 0.15) is 16.1 Å². The van der Waals surface area contributed by atoms with Gasteiger partial charge in [0.05, 0.1) is 0 Å². The fourth-order valence-electron chi connectivity index (χ4n) is 1.31. The zero-order valence-corrected chi connectivity index (χ0v) is 9.51. The second-order valence-corrected chi connectivity index (χ2v) is 3.57. The summed E-state index contributed by atoms with van der Waals surface area (Å²) in [5, 5.41) is 17.0. The number of aromatic amines is 2. The van der Waals surface area contributed by atoms with E-state index in [2.05, 4.69) is 20.5 Å². The minimum atomic E-state index is -1.11. The zero-order valence-electron chi connectivity index (χ0n) is 9.51. The van der Waals surface area contributed by atoms with Crippen LogP contribution in [-0.4, -0.2) is 31.2 Å². The van der Waals surface area contributed by atoms with Crippen LogP contribution in [0.25, 0.3) is 0 Å². The topological polar surface area (TPSA) is 141 Å². The van der Waals surface area contributed by atoms with Crippen molar-refractivity contribution < 1.29 is 9.90 Å². The second-order valence-electron chi connectivity index (χ2n) is 3.57. The third kappa shape index (κ3) is 3.03. The summed E-state index contributed by atoms with van der Waals surface area (Å²) < 4.78 is 0. The van der Waals surface area contributed by atoms with Crippen molar-refractivity contribution in [2.45, 2.75) is 6.54 Å². The number of rotatable bonds is 4. The summed E-state index contributed by atoms with van der Waals surface area (Å²) in [5.74, 6) is -1.15. The molecule has 98 valence electrons. The average Bonchev–Trinajstić information content (AvgIpc) is 2.38. The van der Waals surface area contributed by atoms with Gasteiger partial charge < -0.3 is 10.4 Å². The monoisotopic (exact) mass is 263 g/mol. The van der Waals surface area contributed by atoms with Crippen molar-refractivity contribution in [1.82, 2.24) is 20.2 Å². The molecule has 19 heavy (non-hydrogen) atoms. The van der Waals surface area contributed by atoms with Crippen LogP contribution in [0.4, 0.5) is 5.82 Å². The van der Waals surface area contributed by atoms with Gasteiger partial charge in [0.2, 0.25) is 5.82 Å². The first-order valence-corrected chi connectivity index (χ1v) is 5.17. The van der Waals surface area contributed by atoms with E-state index >= 15 is 0 Å². The molecular weight excluding hydrogens is 254 g/mol. The fourth-order valence-corrected chi connectivity index (χ4v) is 1.31. The van der Waals surface area contributed by atoms with E-state index < -0.39 is 17.2 Å². The standard InChI is InChI=1S/C10H9N5O4/c16-8-7(14-15-10(19)13-8)12-4-5-1-2-6(9(17)18)11-3-5/h1-3H,4H2,(H,12,14)(H,17,18)(H2,13,15,16,19). The van der Waals surface area contributed by atoms with E-state index in [1.165, 1.54) is 12.3 Å². The molecule has 9 nitrogen and oxygen atoms in total. The quantitative estimate of drug-likeness (QED) is 0.563. The summed E-state index contributed by atoms with van der Waals surface area (Å²) in [6, 6.07) is 2.91. The number of aromatic nitrogens is 4. The van der Waals surface area contributed by atoms with E-state index in [4.69, 9.17) is 5.11 Å². The molecule has 0 bridgehead atoms. The Morgan fingerprint density at radius 2 is 2.16 bits per heavy atom. The maximum Gasteiger partial charge on any atom is 0.354 e. The van der Waals surface area contributed by atoms with E-state index in [-0.39, 0.29) is 18.1 Å². The largest absolute Gasteiger partial charge is 0.477 e. The molecule has 0 saturated heterocycles. The van der Waals surface area contributed by atoms with Gasteiger partial charge in [-0.2, -0.15) is 0 Å². The molecule has 0 radical (unpaired) electrons. The highest BCUT2D eigenvalue weighted by Gasteiger charge is 2.05. The Balaban J connectivity index is 2.08. The summed E-state index contributed by atoms with van der Waals surface area (Å²) in [5.41, 5.74) is -0.733. The molecule has 2 heterocycles. The van der Waals surface area contributed by atoms with Crippen molar-refractivity contribution in [1.29, 1.82) is 0 Å². The van der Waals surface area contributed by atoms with Gasteiger partial charge in [0.1, 0.15) is 5.69 Å². The Hall–Kier alpha value is -2.97. The molecule has 0 spiro atoms. The third-order valence-corrected chi connectivity index (χ3v) is 2.22. The highest BCUT2D eigenvalue weighted by Crippen LogP contribution is 2.02. The maximum atomic E-state index is 11.3. The van der Waals surface area contributed by atoms with Crippen LogP contribution >= 0.6 is 0 Å². The Morgan fingerprint density at radius 1 is 1.37 bits per heavy atom. The number of nitrogens with zero attached hydrogens (tertiary/aromatic N) is 2. The fraction of sp³-hybridized carbons (Fsp3) is 0.100. The highest BCUT2D eigenvalue weighted by atomic mass is 16.4. The number of hydrogen-bond donors (Lipinski definition) is 4. The van der Waals surface area contributed by atoms with Crippen LogP contribution < -0.4 is 16.6 Å². The molecule has 9 heteroatoms. The summed E-state index contributed by atoms with van der Waals surface area (Å²) in [6.45, 7) is 0.217. The molecule has 0 fully saturated rings. The molecule has 0 saturated carbocycles. The summed E-state index contributed by atoms with van der Waals surface area (Å²) in [7, 11) is 0. The maximum absolute atomic E-state index is 11.3. The minimum Gasteiger partial charge on any atom is -0.477 e. The molecule has 0 aliphatic carbocycles. The number of H-pyrrole nitrogens is 2. The summed E-state index contributed by atoms with van der Waals surface area (Å²) in [6.07, 6.45) is 1.37. The number of carboxylic acid groups (broad SMARTS) is 1. The van der Waals surface area contributed by atoms with Crippen LogP contribution in [0, 0.1) is 0 Å². The third-order valence-electron chi connectivity index (χ3n) is 2.22. The lowest BCUT2D eigenvalue weighted by atomic mass is 10.2. The van der Waals surface area contributed by atoms with E-state index in [9.17, 15) is 14.4 Å². The lowest BCUT2D eigenvalue weighted by Gasteiger charge is -2.03. The van der Waals surface area contributed by atoms with Gasteiger partial charge in [-0.05, 0) is 11.6 Å². The van der Waals surface area contributed by atoms with Gasteiger partial charge in [0, 0.05) is 12.7 Å². The second kappa shape index (κ2) is 5.12. The van der Waals surface area contributed by atoms with Crippen LogP contribution in [-0.2, 0) is 6.54 Å². The molecule has 0 aromatic carbocycles. The molecule has 2 rings (SSSR count). The number of hydrogen-bond acceptors (Lipinski definition) is 6. The molecule has 0 aliphatic heterocycles. The van der Waals surface area contributed by atoms with Gasteiger partial charge in [-0.25, -0.2) is 19.7 Å². The Labute approximate surface area is 105 Å². The predicted octanol–water partition coefficient (Wildman–Crippen LogP) is -0.837. The van der Waals surface area contributed by atoms with E-state index in [0.29, 0.717) is 5.56 Å². The molecule has 2 aromatic rings. The average molecular weight is 263 g/mol. The number of carbonyl (C=O) groups is 1. The van der Waals surface area contributed by atoms with Gasteiger partial charge in [-0.1, -0.05) is 6.07 Å². The minimum absolute atomic E-state index is 0.0399. The highest BCUT2D eigenvalue weighted by molar-refractivity contribution is 5.85. The molecule has 0 unspecified atom stereocenters. The molecule has 4 N–H and O–H groups in total. The van der Waals surface area contributed by atoms with Crippen molar-refractivity contribution in [3.8, 4) is 0 Å². The van der Waals surface area contributed by atoms with E-state index in [1.807, 2.05) is 4.98 Å². The molecule has 0 amide bonds. The van der Waals surface area contributed by atoms with Crippen molar-refractivity contribution in [2.75, 3.05) is 5.32 Å². The first-order valence-electron chi connectivity index (χ1n) is 5.17. The lowest BCUT2D eigenvalue weighted by molar-refractivity contribution is 0.0690. The molecule has 0 aliphatic rings. The SMILES string of the molecule is O=C(O)c1ccc(CNc2n[nH]c(=O)[nH]c2=O)cn1. The Morgan fingerprint density at radius 3 is 2.74 bits per heavy atom. The first-order chi connectivity index (χ1) is 9.06. The number of carboxylic acids is 1.